The highest BCUT2D eigenvalue weighted by Crippen LogP contribution is 2.05. The minimum Gasteiger partial charge on any atom is -0.468 e. The lowest BCUT2D eigenvalue weighted by Crippen LogP contribution is -2.40. The van der Waals surface area contributed by atoms with Crippen LogP contribution in [0.5, 0.6) is 0 Å². The van der Waals surface area contributed by atoms with Gasteiger partial charge in [0.25, 0.3) is 0 Å². The van der Waals surface area contributed by atoms with Gasteiger partial charge in [-0.15, -0.1) is 0 Å². The Labute approximate surface area is 70.8 Å². The quantitative estimate of drug-likeness (QED) is 0.453. The first kappa shape index (κ1) is 10.9. The van der Waals surface area contributed by atoms with Crippen LogP contribution in [-0.4, -0.2) is 32.2 Å². The van der Waals surface area contributed by atoms with E-state index in [1.807, 2.05) is 0 Å². The second-order valence-electron chi connectivity index (χ2n) is 2.38. The van der Waals surface area contributed by atoms with Gasteiger partial charge in [0.1, 0.15) is 0 Å². The Morgan fingerprint density at radius 3 is 1.67 bits per heavy atom. The molecule has 0 aromatic carbocycles. The molecule has 0 fully saturated rings. The molecule has 2 N–H and O–H groups in total. The Hall–Kier alpha value is -1.10. The second-order valence-corrected chi connectivity index (χ2v) is 2.38. The van der Waals surface area contributed by atoms with Gasteiger partial charge in [-0.1, -0.05) is 0 Å². The Bertz CT molecular complexity index is 162. The van der Waals surface area contributed by atoms with Crippen molar-refractivity contribution in [1.82, 2.24) is 0 Å². The SMILES string of the molecule is COC(=O)C(C(=O)OC)[C@H](C)N. The van der Waals surface area contributed by atoms with Crippen molar-refractivity contribution in [3.8, 4) is 0 Å². The first-order valence-electron chi connectivity index (χ1n) is 3.45. The van der Waals surface area contributed by atoms with Crippen molar-refractivity contribution in [2.24, 2.45) is 11.7 Å². The van der Waals surface area contributed by atoms with Gasteiger partial charge in [-0.2, -0.15) is 0 Å². The summed E-state index contributed by atoms with van der Waals surface area (Å²) in [5.41, 5.74) is 5.39. The topological polar surface area (TPSA) is 78.6 Å². The van der Waals surface area contributed by atoms with Gasteiger partial charge >= 0.3 is 11.9 Å². The van der Waals surface area contributed by atoms with Gasteiger partial charge in [0.2, 0.25) is 0 Å². The molecule has 0 aromatic heterocycles. The van der Waals surface area contributed by atoms with Gasteiger partial charge < -0.3 is 15.2 Å². The van der Waals surface area contributed by atoms with E-state index in [1.165, 1.54) is 14.2 Å². The van der Waals surface area contributed by atoms with E-state index >= 15 is 0 Å². The van der Waals surface area contributed by atoms with Crippen LogP contribution in [0.3, 0.4) is 0 Å². The van der Waals surface area contributed by atoms with Crippen LogP contribution >= 0.6 is 0 Å². The maximum atomic E-state index is 11.0. The summed E-state index contributed by atoms with van der Waals surface area (Å²) < 4.78 is 8.75. The Morgan fingerprint density at radius 1 is 1.17 bits per heavy atom. The van der Waals surface area contributed by atoms with E-state index in [2.05, 4.69) is 9.47 Å². The van der Waals surface area contributed by atoms with Gasteiger partial charge in [-0.05, 0) is 6.92 Å². The zero-order chi connectivity index (χ0) is 9.72. The van der Waals surface area contributed by atoms with E-state index in [-0.39, 0.29) is 0 Å². The molecule has 12 heavy (non-hydrogen) atoms. The molecule has 0 aliphatic heterocycles. The Kier molecular flexibility index (Phi) is 4.28. The van der Waals surface area contributed by atoms with E-state index in [1.54, 1.807) is 6.92 Å². The number of hydrogen-bond donors (Lipinski definition) is 1. The molecule has 0 saturated carbocycles. The van der Waals surface area contributed by atoms with Crippen LogP contribution in [0.2, 0.25) is 0 Å². The summed E-state index contributed by atoms with van der Waals surface area (Å²) >= 11 is 0. The summed E-state index contributed by atoms with van der Waals surface area (Å²) in [4.78, 5) is 21.9. The molecule has 70 valence electrons. The zero-order valence-corrected chi connectivity index (χ0v) is 7.37. The molecule has 1 atom stereocenters. The maximum absolute atomic E-state index is 11.0. The van der Waals surface area contributed by atoms with Gasteiger partial charge in [-0.3, -0.25) is 9.59 Å². The lowest BCUT2D eigenvalue weighted by molar-refractivity contribution is -0.159. The number of nitrogens with two attached hydrogens (primary N) is 1. The van der Waals surface area contributed by atoms with Gasteiger partial charge in [-0.25, -0.2) is 0 Å². The second kappa shape index (κ2) is 4.71. The van der Waals surface area contributed by atoms with Gasteiger partial charge in [0.05, 0.1) is 14.2 Å². The molecule has 0 radical (unpaired) electrons. The number of ether oxygens (including phenoxy) is 2. The van der Waals surface area contributed by atoms with E-state index < -0.39 is 23.9 Å². The predicted molar refractivity (Wildman–Crippen MR) is 41.2 cm³/mol. The summed E-state index contributed by atoms with van der Waals surface area (Å²) in [6.45, 7) is 1.54. The van der Waals surface area contributed by atoms with Crippen LogP contribution in [0.1, 0.15) is 6.92 Å². The standard InChI is InChI=1S/C7H13NO4/c1-4(8)5(6(9)11-2)7(10)12-3/h4-5H,8H2,1-3H3/t4-/m0/s1. The third-order valence-corrected chi connectivity index (χ3v) is 1.44. The summed E-state index contributed by atoms with van der Waals surface area (Å²) in [6.07, 6.45) is 0. The minimum absolute atomic E-state index is 0.607. The van der Waals surface area contributed by atoms with E-state index in [0.717, 1.165) is 0 Å². The number of rotatable bonds is 3. The number of esters is 2. The van der Waals surface area contributed by atoms with Crippen molar-refractivity contribution in [3.05, 3.63) is 0 Å². The Morgan fingerprint density at radius 2 is 1.50 bits per heavy atom. The smallest absolute Gasteiger partial charge is 0.321 e. The zero-order valence-electron chi connectivity index (χ0n) is 7.37. The van der Waals surface area contributed by atoms with Crippen LogP contribution in [0.25, 0.3) is 0 Å². The van der Waals surface area contributed by atoms with Crippen molar-refractivity contribution >= 4 is 11.9 Å². The van der Waals surface area contributed by atoms with Crippen LogP contribution in [-0.2, 0) is 19.1 Å². The average molecular weight is 175 g/mol. The number of hydrogen-bond acceptors (Lipinski definition) is 5. The summed E-state index contributed by atoms with van der Waals surface area (Å²) in [5, 5.41) is 0. The molecular formula is C7H13NO4. The van der Waals surface area contributed by atoms with Crippen molar-refractivity contribution in [3.63, 3.8) is 0 Å². The van der Waals surface area contributed by atoms with Crippen molar-refractivity contribution in [2.45, 2.75) is 13.0 Å². The first-order valence-corrected chi connectivity index (χ1v) is 3.45. The fourth-order valence-corrected chi connectivity index (χ4v) is 0.779. The van der Waals surface area contributed by atoms with Gasteiger partial charge in [0, 0.05) is 6.04 Å². The number of methoxy groups -OCH3 is 2. The molecule has 5 heteroatoms. The molecule has 0 aromatic rings. The largest absolute Gasteiger partial charge is 0.468 e. The summed E-state index contributed by atoms with van der Waals surface area (Å²) in [5.74, 6) is -2.37. The van der Waals surface area contributed by atoms with Crippen LogP contribution in [0.15, 0.2) is 0 Å². The molecule has 0 heterocycles. The first-order chi connectivity index (χ1) is 5.54. The van der Waals surface area contributed by atoms with Crippen LogP contribution in [0, 0.1) is 5.92 Å². The number of carbonyl (C=O) groups excluding carboxylic acids is 2. The lowest BCUT2D eigenvalue weighted by atomic mass is 10.0. The average Bonchev–Trinajstić information content (AvgIpc) is 2.03. The maximum Gasteiger partial charge on any atom is 0.321 e. The monoisotopic (exact) mass is 175 g/mol. The summed E-state index contributed by atoms with van der Waals surface area (Å²) in [7, 11) is 2.39. The number of carbonyl (C=O) groups is 2. The predicted octanol–water partition coefficient (Wildman–Crippen LogP) is -0.704. The van der Waals surface area contributed by atoms with Crippen LogP contribution < -0.4 is 5.73 Å². The highest BCUT2D eigenvalue weighted by atomic mass is 16.5. The van der Waals surface area contributed by atoms with E-state index in [9.17, 15) is 9.59 Å². The fourth-order valence-electron chi connectivity index (χ4n) is 0.779. The molecule has 0 aliphatic carbocycles. The molecule has 5 nitrogen and oxygen atoms in total. The van der Waals surface area contributed by atoms with Crippen molar-refractivity contribution in [1.29, 1.82) is 0 Å². The molecule has 0 spiro atoms. The van der Waals surface area contributed by atoms with Crippen LogP contribution in [0.4, 0.5) is 0 Å². The normalized spacial score (nSPS) is 12.4. The molecule has 0 unspecified atom stereocenters. The van der Waals surface area contributed by atoms with E-state index in [0.29, 0.717) is 0 Å². The van der Waals surface area contributed by atoms with E-state index in [4.69, 9.17) is 5.73 Å². The Balaban J connectivity index is 4.43. The molecule has 0 aliphatic rings. The third kappa shape index (κ3) is 2.50. The molecule has 0 bridgehead atoms. The molecular weight excluding hydrogens is 162 g/mol. The fraction of sp³-hybridized carbons (Fsp3) is 0.714. The minimum atomic E-state index is -1.03. The molecule has 0 amide bonds. The highest BCUT2D eigenvalue weighted by molar-refractivity contribution is 5.95. The lowest BCUT2D eigenvalue weighted by Gasteiger charge is -2.14. The molecule has 0 saturated heterocycles. The van der Waals surface area contributed by atoms with Crippen molar-refractivity contribution in [2.75, 3.05) is 14.2 Å². The van der Waals surface area contributed by atoms with Gasteiger partial charge in [0.15, 0.2) is 5.92 Å². The summed E-state index contributed by atoms with van der Waals surface area (Å²) in [6, 6.07) is -0.607. The van der Waals surface area contributed by atoms with Crippen molar-refractivity contribution < 1.29 is 19.1 Å². The molecule has 0 rings (SSSR count). The third-order valence-electron chi connectivity index (χ3n) is 1.44. The highest BCUT2D eigenvalue weighted by Gasteiger charge is 2.31.